The molecule has 0 fully saturated rings. The van der Waals surface area contributed by atoms with E-state index in [-0.39, 0.29) is 6.10 Å². The molecule has 0 spiro atoms. The number of nitrogens with two attached hydrogens (primary N) is 1. The molecule has 0 saturated heterocycles. The number of rotatable bonds is 5. The fourth-order valence-corrected chi connectivity index (χ4v) is 1.66. The van der Waals surface area contributed by atoms with Crippen molar-refractivity contribution in [2.75, 3.05) is 23.7 Å². The van der Waals surface area contributed by atoms with E-state index in [1.807, 2.05) is 26.0 Å². The van der Waals surface area contributed by atoms with Crippen LogP contribution in [0, 0.1) is 6.92 Å². The highest BCUT2D eigenvalue weighted by Gasteiger charge is 2.09. The number of hydrogen-bond acceptors (Lipinski definition) is 3. The van der Waals surface area contributed by atoms with Crippen molar-refractivity contribution in [3.05, 3.63) is 23.8 Å². The average Bonchev–Trinajstić information content (AvgIpc) is 2.29. The van der Waals surface area contributed by atoms with Crippen LogP contribution >= 0.6 is 0 Å². The highest BCUT2D eigenvalue weighted by molar-refractivity contribution is 5.58. The van der Waals surface area contributed by atoms with E-state index in [4.69, 9.17) is 5.73 Å². The molecule has 0 aliphatic carbocycles. The highest BCUT2D eigenvalue weighted by Crippen LogP contribution is 2.20. The number of aliphatic hydroxyl groups is 1. The van der Waals surface area contributed by atoms with Crippen LogP contribution in [0.1, 0.15) is 25.8 Å². The van der Waals surface area contributed by atoms with E-state index < -0.39 is 0 Å². The van der Waals surface area contributed by atoms with Gasteiger partial charge in [0.25, 0.3) is 0 Å². The lowest BCUT2D eigenvalue weighted by atomic mass is 10.1. The van der Waals surface area contributed by atoms with Crippen molar-refractivity contribution < 1.29 is 5.11 Å². The number of aliphatic hydroxyl groups excluding tert-OH is 1. The van der Waals surface area contributed by atoms with Crippen molar-refractivity contribution in [2.45, 2.75) is 33.3 Å². The molecule has 0 saturated carbocycles. The zero-order chi connectivity index (χ0) is 12.1. The molecular weight excluding hydrogens is 200 g/mol. The van der Waals surface area contributed by atoms with E-state index in [0.717, 1.165) is 29.9 Å². The molecule has 0 radical (unpaired) electrons. The van der Waals surface area contributed by atoms with Gasteiger partial charge in [0.15, 0.2) is 0 Å². The van der Waals surface area contributed by atoms with Crippen molar-refractivity contribution in [2.24, 2.45) is 0 Å². The normalized spacial score (nSPS) is 12.5. The van der Waals surface area contributed by atoms with Gasteiger partial charge in [-0.05, 0) is 44.0 Å². The molecule has 90 valence electrons. The standard InChI is InChI=1S/C13H22N2O/c1-4-12(16)9-15(5-2)11-6-7-13(14)10(3)8-11/h6-8,12,16H,4-5,9,14H2,1-3H3. The van der Waals surface area contributed by atoms with Gasteiger partial charge < -0.3 is 15.7 Å². The van der Waals surface area contributed by atoms with Crippen LogP contribution in [0.5, 0.6) is 0 Å². The first-order valence-electron chi connectivity index (χ1n) is 5.87. The van der Waals surface area contributed by atoms with Gasteiger partial charge in [0.1, 0.15) is 0 Å². The molecule has 3 heteroatoms. The van der Waals surface area contributed by atoms with Gasteiger partial charge in [-0.3, -0.25) is 0 Å². The summed E-state index contributed by atoms with van der Waals surface area (Å²) in [6, 6.07) is 6.00. The number of nitrogen functional groups attached to an aromatic ring is 1. The Labute approximate surface area is 97.9 Å². The minimum absolute atomic E-state index is 0.266. The predicted octanol–water partition coefficient (Wildman–Crippen LogP) is 2.17. The van der Waals surface area contributed by atoms with Crippen LogP contribution in [-0.2, 0) is 0 Å². The quantitative estimate of drug-likeness (QED) is 0.751. The molecule has 0 aliphatic rings. The average molecular weight is 222 g/mol. The van der Waals surface area contributed by atoms with Crippen LogP contribution in [0.15, 0.2) is 18.2 Å². The Kier molecular flexibility index (Phi) is 4.62. The molecule has 0 aromatic heterocycles. The Balaban J connectivity index is 2.82. The number of nitrogens with zero attached hydrogens (tertiary/aromatic N) is 1. The van der Waals surface area contributed by atoms with Crippen LogP contribution < -0.4 is 10.6 Å². The summed E-state index contributed by atoms with van der Waals surface area (Å²) in [5.74, 6) is 0. The lowest BCUT2D eigenvalue weighted by Gasteiger charge is -2.26. The smallest absolute Gasteiger partial charge is 0.0712 e. The first-order chi connectivity index (χ1) is 7.58. The summed E-state index contributed by atoms with van der Waals surface area (Å²) >= 11 is 0. The second-order valence-corrected chi connectivity index (χ2v) is 4.14. The number of aryl methyl sites for hydroxylation is 1. The third kappa shape index (κ3) is 3.14. The summed E-state index contributed by atoms with van der Waals surface area (Å²) in [5.41, 5.74) is 8.82. The molecule has 1 aromatic carbocycles. The van der Waals surface area contributed by atoms with Gasteiger partial charge in [0, 0.05) is 24.5 Å². The lowest BCUT2D eigenvalue weighted by Crippen LogP contribution is -2.32. The first-order valence-corrected chi connectivity index (χ1v) is 5.87. The Morgan fingerprint density at radius 1 is 1.38 bits per heavy atom. The fraction of sp³-hybridized carbons (Fsp3) is 0.538. The Morgan fingerprint density at radius 3 is 2.56 bits per heavy atom. The molecule has 1 aromatic rings. The van der Waals surface area contributed by atoms with Crippen molar-refractivity contribution in [1.29, 1.82) is 0 Å². The van der Waals surface area contributed by atoms with Crippen LogP contribution in [0.25, 0.3) is 0 Å². The van der Waals surface area contributed by atoms with Gasteiger partial charge in [-0.1, -0.05) is 6.92 Å². The van der Waals surface area contributed by atoms with Crippen molar-refractivity contribution in [1.82, 2.24) is 0 Å². The topological polar surface area (TPSA) is 49.5 Å². The van der Waals surface area contributed by atoms with E-state index >= 15 is 0 Å². The molecule has 16 heavy (non-hydrogen) atoms. The molecule has 1 rings (SSSR count). The minimum Gasteiger partial charge on any atom is -0.399 e. The number of hydrogen-bond donors (Lipinski definition) is 2. The van der Waals surface area contributed by atoms with Gasteiger partial charge >= 0.3 is 0 Å². The third-order valence-electron chi connectivity index (χ3n) is 2.90. The third-order valence-corrected chi connectivity index (χ3v) is 2.90. The van der Waals surface area contributed by atoms with Gasteiger partial charge in [0.2, 0.25) is 0 Å². The van der Waals surface area contributed by atoms with E-state index in [1.54, 1.807) is 0 Å². The summed E-state index contributed by atoms with van der Waals surface area (Å²) in [4.78, 5) is 2.17. The first kappa shape index (κ1) is 12.8. The molecule has 3 nitrogen and oxygen atoms in total. The molecule has 0 bridgehead atoms. The maximum atomic E-state index is 9.68. The lowest BCUT2D eigenvalue weighted by molar-refractivity contribution is 0.176. The molecule has 1 unspecified atom stereocenters. The summed E-state index contributed by atoms with van der Waals surface area (Å²) in [5, 5.41) is 9.68. The van der Waals surface area contributed by atoms with Crippen LogP contribution in [0.2, 0.25) is 0 Å². The highest BCUT2D eigenvalue weighted by atomic mass is 16.3. The summed E-state index contributed by atoms with van der Waals surface area (Å²) in [6.07, 6.45) is 0.516. The Hall–Kier alpha value is -1.22. The minimum atomic E-state index is -0.266. The maximum Gasteiger partial charge on any atom is 0.0712 e. The summed E-state index contributed by atoms with van der Waals surface area (Å²) in [7, 11) is 0. The van der Waals surface area contributed by atoms with Crippen LogP contribution in [-0.4, -0.2) is 24.3 Å². The molecule has 3 N–H and O–H groups in total. The van der Waals surface area contributed by atoms with E-state index in [0.29, 0.717) is 6.54 Å². The Morgan fingerprint density at radius 2 is 2.06 bits per heavy atom. The molecule has 0 aliphatic heterocycles. The second kappa shape index (κ2) is 5.75. The number of likely N-dealkylation sites (N-methyl/N-ethyl adjacent to an activating group) is 1. The van der Waals surface area contributed by atoms with Gasteiger partial charge in [-0.25, -0.2) is 0 Å². The molecule has 1 atom stereocenters. The molecular formula is C13H22N2O. The van der Waals surface area contributed by atoms with Crippen molar-refractivity contribution in [3.8, 4) is 0 Å². The van der Waals surface area contributed by atoms with Gasteiger partial charge in [0.05, 0.1) is 6.10 Å². The largest absolute Gasteiger partial charge is 0.399 e. The summed E-state index contributed by atoms with van der Waals surface area (Å²) < 4.78 is 0. The van der Waals surface area contributed by atoms with Crippen molar-refractivity contribution >= 4 is 11.4 Å². The Bertz CT molecular complexity index is 339. The fourth-order valence-electron chi connectivity index (χ4n) is 1.66. The zero-order valence-electron chi connectivity index (χ0n) is 10.4. The van der Waals surface area contributed by atoms with Crippen LogP contribution in [0.3, 0.4) is 0 Å². The van der Waals surface area contributed by atoms with Crippen LogP contribution in [0.4, 0.5) is 11.4 Å². The van der Waals surface area contributed by atoms with E-state index in [9.17, 15) is 5.11 Å². The summed E-state index contributed by atoms with van der Waals surface area (Å²) in [6.45, 7) is 7.65. The van der Waals surface area contributed by atoms with Crippen molar-refractivity contribution in [3.63, 3.8) is 0 Å². The van der Waals surface area contributed by atoms with Gasteiger partial charge in [-0.15, -0.1) is 0 Å². The zero-order valence-corrected chi connectivity index (χ0v) is 10.4. The van der Waals surface area contributed by atoms with E-state index in [2.05, 4.69) is 17.9 Å². The number of anilines is 2. The van der Waals surface area contributed by atoms with E-state index in [1.165, 1.54) is 0 Å². The SMILES string of the molecule is CCC(O)CN(CC)c1ccc(N)c(C)c1. The second-order valence-electron chi connectivity index (χ2n) is 4.14. The predicted molar refractivity (Wildman–Crippen MR) is 69.8 cm³/mol. The van der Waals surface area contributed by atoms with Gasteiger partial charge in [-0.2, -0.15) is 0 Å². The maximum absolute atomic E-state index is 9.68. The molecule has 0 amide bonds. The number of benzene rings is 1. The monoisotopic (exact) mass is 222 g/mol. The molecule has 0 heterocycles.